The molecule has 3 rings (SSSR count). The van der Waals surface area contributed by atoms with Gasteiger partial charge in [0.25, 0.3) is 0 Å². The Morgan fingerprint density at radius 1 is 0.839 bits per heavy atom. The second kappa shape index (κ2) is 10.7. The molecule has 7 nitrogen and oxygen atoms in total. The number of nitrogens with zero attached hydrogens (tertiary/aromatic N) is 2. The summed E-state index contributed by atoms with van der Waals surface area (Å²) in [5, 5.41) is 0. The van der Waals surface area contributed by atoms with E-state index in [1.54, 1.807) is 34.5 Å². The van der Waals surface area contributed by atoms with Gasteiger partial charge in [-0.3, -0.25) is 9.69 Å². The Bertz CT molecular complexity index is 903. The van der Waals surface area contributed by atoms with Gasteiger partial charge in [0.2, 0.25) is 11.7 Å². The van der Waals surface area contributed by atoms with Gasteiger partial charge in [-0.1, -0.05) is 18.2 Å². The highest BCUT2D eigenvalue weighted by molar-refractivity contribution is 5.91. The summed E-state index contributed by atoms with van der Waals surface area (Å²) < 4.78 is 21.6. The van der Waals surface area contributed by atoms with Gasteiger partial charge in [-0.15, -0.1) is 0 Å². The van der Waals surface area contributed by atoms with E-state index in [4.69, 9.17) is 18.9 Å². The molecule has 0 N–H and O–H groups in total. The number of methoxy groups -OCH3 is 4. The van der Waals surface area contributed by atoms with Crippen LogP contribution in [-0.4, -0.2) is 70.3 Å². The number of benzene rings is 2. The number of rotatable bonds is 8. The van der Waals surface area contributed by atoms with Crippen molar-refractivity contribution in [3.63, 3.8) is 0 Å². The lowest BCUT2D eigenvalue weighted by atomic mass is 10.1. The van der Waals surface area contributed by atoms with Crippen LogP contribution >= 0.6 is 0 Å². The number of hydrogen-bond donors (Lipinski definition) is 0. The summed E-state index contributed by atoms with van der Waals surface area (Å²) in [5.41, 5.74) is 1.99. The van der Waals surface area contributed by atoms with Crippen molar-refractivity contribution < 1.29 is 23.7 Å². The highest BCUT2D eigenvalue weighted by Gasteiger charge is 2.22. The number of carbonyl (C=O) groups is 1. The smallest absolute Gasteiger partial charge is 0.246 e. The number of carbonyl (C=O) groups excluding carboxylic acids is 1. The van der Waals surface area contributed by atoms with Crippen LogP contribution in [0.4, 0.5) is 0 Å². The second-order valence-corrected chi connectivity index (χ2v) is 7.20. The molecule has 0 aliphatic carbocycles. The molecular weight excluding hydrogens is 396 g/mol. The zero-order valence-electron chi connectivity index (χ0n) is 18.6. The van der Waals surface area contributed by atoms with Crippen LogP contribution in [0.3, 0.4) is 0 Å². The van der Waals surface area contributed by atoms with E-state index < -0.39 is 0 Å². The fourth-order valence-electron chi connectivity index (χ4n) is 3.64. The number of piperazine rings is 1. The maximum Gasteiger partial charge on any atom is 0.246 e. The summed E-state index contributed by atoms with van der Waals surface area (Å²) >= 11 is 0. The number of ether oxygens (including phenoxy) is 4. The van der Waals surface area contributed by atoms with Crippen molar-refractivity contribution in [2.75, 3.05) is 54.6 Å². The first-order valence-corrected chi connectivity index (χ1v) is 10.2. The Morgan fingerprint density at radius 3 is 2.10 bits per heavy atom. The lowest BCUT2D eigenvalue weighted by molar-refractivity contribution is -0.127. The van der Waals surface area contributed by atoms with Gasteiger partial charge in [-0.2, -0.15) is 0 Å². The van der Waals surface area contributed by atoms with Crippen LogP contribution in [0.5, 0.6) is 23.0 Å². The molecule has 2 aromatic rings. The van der Waals surface area contributed by atoms with E-state index >= 15 is 0 Å². The van der Waals surface area contributed by atoms with Crippen LogP contribution in [0.25, 0.3) is 6.08 Å². The summed E-state index contributed by atoms with van der Waals surface area (Å²) in [5.74, 6) is 2.75. The SMILES string of the molecule is COc1ccc(/C=C/C(=O)N2CCN(Cc3ccc(OC)c(OC)c3OC)CC2)cc1. The molecule has 1 aliphatic rings. The molecule has 0 bridgehead atoms. The molecule has 2 aromatic carbocycles. The number of amides is 1. The molecule has 0 saturated carbocycles. The van der Waals surface area contributed by atoms with Gasteiger partial charge in [-0.25, -0.2) is 0 Å². The van der Waals surface area contributed by atoms with E-state index in [-0.39, 0.29) is 5.91 Å². The van der Waals surface area contributed by atoms with Crippen molar-refractivity contribution >= 4 is 12.0 Å². The highest BCUT2D eigenvalue weighted by Crippen LogP contribution is 2.40. The number of hydrogen-bond acceptors (Lipinski definition) is 6. The Balaban J connectivity index is 1.57. The molecule has 1 fully saturated rings. The summed E-state index contributed by atoms with van der Waals surface area (Å²) in [6.07, 6.45) is 3.47. The van der Waals surface area contributed by atoms with E-state index in [2.05, 4.69) is 4.90 Å². The topological polar surface area (TPSA) is 60.5 Å². The first-order valence-electron chi connectivity index (χ1n) is 10.2. The summed E-state index contributed by atoms with van der Waals surface area (Å²) in [6, 6.07) is 11.5. The van der Waals surface area contributed by atoms with E-state index in [0.717, 1.165) is 30.0 Å². The molecule has 7 heteroatoms. The minimum absolute atomic E-state index is 0.0270. The van der Waals surface area contributed by atoms with Crippen molar-refractivity contribution in [1.29, 1.82) is 0 Å². The largest absolute Gasteiger partial charge is 0.497 e. The van der Waals surface area contributed by atoms with Gasteiger partial charge in [0.15, 0.2) is 11.5 Å². The maximum atomic E-state index is 12.6. The molecule has 1 heterocycles. The van der Waals surface area contributed by atoms with E-state index in [1.165, 1.54) is 0 Å². The van der Waals surface area contributed by atoms with Crippen molar-refractivity contribution in [1.82, 2.24) is 9.80 Å². The average Bonchev–Trinajstić information content (AvgIpc) is 2.82. The summed E-state index contributed by atoms with van der Waals surface area (Å²) in [6.45, 7) is 3.66. The van der Waals surface area contributed by atoms with Crippen LogP contribution in [0, 0.1) is 0 Å². The molecule has 0 aromatic heterocycles. The third kappa shape index (κ3) is 5.49. The zero-order valence-corrected chi connectivity index (χ0v) is 18.6. The molecule has 166 valence electrons. The van der Waals surface area contributed by atoms with Crippen molar-refractivity contribution in [2.45, 2.75) is 6.54 Å². The van der Waals surface area contributed by atoms with Crippen LogP contribution < -0.4 is 18.9 Å². The molecule has 1 amide bonds. The lowest BCUT2D eigenvalue weighted by Gasteiger charge is -2.34. The lowest BCUT2D eigenvalue weighted by Crippen LogP contribution is -2.47. The van der Waals surface area contributed by atoms with E-state index in [0.29, 0.717) is 36.9 Å². The van der Waals surface area contributed by atoms with Crippen molar-refractivity contribution in [2.24, 2.45) is 0 Å². The van der Waals surface area contributed by atoms with Gasteiger partial charge in [0, 0.05) is 44.4 Å². The first-order chi connectivity index (χ1) is 15.1. The molecule has 0 atom stereocenters. The van der Waals surface area contributed by atoms with E-state index in [9.17, 15) is 4.79 Å². The first kappa shape index (κ1) is 22.5. The summed E-state index contributed by atoms with van der Waals surface area (Å²) in [4.78, 5) is 16.7. The van der Waals surface area contributed by atoms with Gasteiger partial charge in [-0.05, 0) is 29.8 Å². The molecular formula is C24H30N2O5. The quantitative estimate of drug-likeness (QED) is 0.605. The van der Waals surface area contributed by atoms with Gasteiger partial charge in [0.1, 0.15) is 5.75 Å². The van der Waals surface area contributed by atoms with E-state index in [1.807, 2.05) is 47.4 Å². The molecule has 0 spiro atoms. The van der Waals surface area contributed by atoms with Crippen molar-refractivity contribution in [3.8, 4) is 23.0 Å². The summed E-state index contributed by atoms with van der Waals surface area (Å²) in [7, 11) is 6.48. The monoisotopic (exact) mass is 426 g/mol. The maximum absolute atomic E-state index is 12.6. The third-order valence-corrected chi connectivity index (χ3v) is 5.40. The van der Waals surface area contributed by atoms with Gasteiger partial charge >= 0.3 is 0 Å². The van der Waals surface area contributed by atoms with Crippen LogP contribution in [0.1, 0.15) is 11.1 Å². The Labute approximate surface area is 183 Å². The third-order valence-electron chi connectivity index (χ3n) is 5.40. The Morgan fingerprint density at radius 2 is 1.52 bits per heavy atom. The van der Waals surface area contributed by atoms with Gasteiger partial charge in [0.05, 0.1) is 28.4 Å². The van der Waals surface area contributed by atoms with Crippen LogP contribution in [0.15, 0.2) is 42.5 Å². The fourth-order valence-corrected chi connectivity index (χ4v) is 3.64. The minimum atomic E-state index is 0.0270. The predicted octanol–water partition coefficient (Wildman–Crippen LogP) is 3.08. The second-order valence-electron chi connectivity index (χ2n) is 7.20. The highest BCUT2D eigenvalue weighted by atomic mass is 16.5. The normalized spacial score (nSPS) is 14.5. The van der Waals surface area contributed by atoms with Crippen LogP contribution in [0.2, 0.25) is 0 Å². The van der Waals surface area contributed by atoms with Crippen molar-refractivity contribution in [3.05, 3.63) is 53.6 Å². The van der Waals surface area contributed by atoms with Crippen LogP contribution in [-0.2, 0) is 11.3 Å². The fraction of sp³-hybridized carbons (Fsp3) is 0.375. The molecule has 1 aliphatic heterocycles. The standard InChI is InChI=1S/C24H30N2O5/c1-28-20-9-5-18(6-10-20)7-12-22(27)26-15-13-25(14-16-26)17-19-8-11-21(29-2)24(31-4)23(19)30-3/h5-12H,13-17H2,1-4H3/b12-7+. The van der Waals surface area contributed by atoms with Gasteiger partial charge < -0.3 is 23.8 Å². The molecule has 1 saturated heterocycles. The predicted molar refractivity (Wildman–Crippen MR) is 120 cm³/mol. The minimum Gasteiger partial charge on any atom is -0.497 e. The Hall–Kier alpha value is -3.19. The molecule has 31 heavy (non-hydrogen) atoms. The molecule has 0 unspecified atom stereocenters. The Kier molecular flexibility index (Phi) is 7.78. The molecule has 0 radical (unpaired) electrons. The zero-order chi connectivity index (χ0) is 22.2. The average molecular weight is 427 g/mol.